The quantitative estimate of drug-likeness (QED) is 0.555. The van der Waals surface area contributed by atoms with Crippen molar-refractivity contribution in [2.24, 2.45) is 0 Å². The smallest absolute Gasteiger partial charge is 0.410 e. The minimum Gasteiger partial charge on any atom is -0.482 e. The molecule has 0 spiro atoms. The highest BCUT2D eigenvalue weighted by Gasteiger charge is 2.36. The van der Waals surface area contributed by atoms with Crippen LogP contribution in [-0.2, 0) is 22.6 Å². The van der Waals surface area contributed by atoms with Gasteiger partial charge in [0.1, 0.15) is 24.2 Å². The lowest BCUT2D eigenvalue weighted by molar-refractivity contribution is -0.139. The zero-order valence-electron chi connectivity index (χ0n) is 16.7. The van der Waals surface area contributed by atoms with E-state index in [1.165, 1.54) is 23.5 Å². The average Bonchev–Trinajstić information content (AvgIpc) is 3.26. The second kappa shape index (κ2) is 9.54. The van der Waals surface area contributed by atoms with Crippen LogP contribution in [0, 0.1) is 5.82 Å². The SMILES string of the molecule is O=C(O)COc1ccc(Cl)cc1[C@@H]1c2scnc2CCN1C(=O)OCc1ccc(F)cc1. The third kappa shape index (κ3) is 4.84. The predicted molar refractivity (Wildman–Crippen MR) is 116 cm³/mol. The Labute approximate surface area is 192 Å². The topological polar surface area (TPSA) is 89.0 Å². The van der Waals surface area contributed by atoms with Gasteiger partial charge in [-0.15, -0.1) is 11.3 Å². The first kappa shape index (κ1) is 22.0. The number of thiazole rings is 1. The van der Waals surface area contributed by atoms with Crippen molar-refractivity contribution in [3.05, 3.63) is 80.5 Å². The number of aromatic nitrogens is 1. The minimum absolute atomic E-state index is 0.0181. The summed E-state index contributed by atoms with van der Waals surface area (Å²) >= 11 is 7.62. The number of hydrogen-bond donors (Lipinski definition) is 1. The summed E-state index contributed by atoms with van der Waals surface area (Å²) in [5.41, 5.74) is 3.75. The third-order valence-corrected chi connectivity index (χ3v) is 6.11. The fourth-order valence-electron chi connectivity index (χ4n) is 3.50. The van der Waals surface area contributed by atoms with Gasteiger partial charge in [-0.1, -0.05) is 23.7 Å². The van der Waals surface area contributed by atoms with E-state index in [2.05, 4.69) is 4.98 Å². The van der Waals surface area contributed by atoms with Gasteiger partial charge in [0.15, 0.2) is 6.61 Å². The van der Waals surface area contributed by atoms with Gasteiger partial charge in [0, 0.05) is 23.6 Å². The Bertz CT molecular complexity index is 1140. The molecule has 0 aliphatic carbocycles. The minimum atomic E-state index is -1.12. The number of carbonyl (C=O) groups is 2. The summed E-state index contributed by atoms with van der Waals surface area (Å²) < 4.78 is 24.1. The molecule has 0 unspecified atom stereocenters. The molecule has 7 nitrogen and oxygen atoms in total. The monoisotopic (exact) mass is 476 g/mol. The number of carbonyl (C=O) groups excluding carboxylic acids is 1. The highest BCUT2D eigenvalue weighted by Crippen LogP contribution is 2.42. The van der Waals surface area contributed by atoms with Crippen LogP contribution in [0.4, 0.5) is 9.18 Å². The lowest BCUT2D eigenvalue weighted by atomic mass is 9.97. The number of benzene rings is 2. The summed E-state index contributed by atoms with van der Waals surface area (Å²) in [5.74, 6) is -1.19. The molecule has 32 heavy (non-hydrogen) atoms. The molecule has 1 atom stereocenters. The van der Waals surface area contributed by atoms with E-state index in [0.29, 0.717) is 34.9 Å². The van der Waals surface area contributed by atoms with E-state index in [4.69, 9.17) is 26.2 Å². The summed E-state index contributed by atoms with van der Waals surface area (Å²) in [6.45, 7) is -0.212. The van der Waals surface area contributed by atoms with E-state index in [-0.39, 0.29) is 12.4 Å². The molecule has 1 aliphatic heterocycles. The Kier molecular flexibility index (Phi) is 6.57. The molecule has 1 N–H and O–H groups in total. The van der Waals surface area contributed by atoms with Crippen molar-refractivity contribution in [1.29, 1.82) is 0 Å². The van der Waals surface area contributed by atoms with E-state index in [1.807, 2.05) is 0 Å². The Morgan fingerprint density at radius 3 is 2.78 bits per heavy atom. The molecule has 0 saturated carbocycles. The number of amides is 1. The first-order valence-electron chi connectivity index (χ1n) is 9.66. The Morgan fingerprint density at radius 2 is 2.03 bits per heavy atom. The van der Waals surface area contributed by atoms with Crippen LogP contribution in [0.2, 0.25) is 5.02 Å². The van der Waals surface area contributed by atoms with Gasteiger partial charge in [-0.05, 0) is 35.9 Å². The molecule has 1 amide bonds. The van der Waals surface area contributed by atoms with Crippen molar-refractivity contribution >= 4 is 35.0 Å². The van der Waals surface area contributed by atoms with Gasteiger partial charge in [0.05, 0.1) is 16.1 Å². The van der Waals surface area contributed by atoms with Crippen molar-refractivity contribution < 1.29 is 28.6 Å². The van der Waals surface area contributed by atoms with Gasteiger partial charge < -0.3 is 14.6 Å². The number of nitrogens with zero attached hydrogens (tertiary/aromatic N) is 2. The number of hydrogen-bond acceptors (Lipinski definition) is 6. The van der Waals surface area contributed by atoms with Crippen molar-refractivity contribution in [2.75, 3.05) is 13.2 Å². The first-order chi connectivity index (χ1) is 15.4. The molecule has 2 heterocycles. The summed E-state index contributed by atoms with van der Waals surface area (Å²) in [7, 11) is 0. The highest BCUT2D eigenvalue weighted by atomic mass is 35.5. The molecule has 0 radical (unpaired) electrons. The summed E-state index contributed by atoms with van der Waals surface area (Å²) in [6, 6.07) is 9.92. The Hall–Kier alpha value is -3.17. The average molecular weight is 477 g/mol. The van der Waals surface area contributed by atoms with Gasteiger partial charge in [-0.25, -0.2) is 19.0 Å². The highest BCUT2D eigenvalue weighted by molar-refractivity contribution is 7.09. The van der Waals surface area contributed by atoms with Crippen molar-refractivity contribution in [3.63, 3.8) is 0 Å². The lowest BCUT2D eigenvalue weighted by Crippen LogP contribution is -2.40. The largest absolute Gasteiger partial charge is 0.482 e. The van der Waals surface area contributed by atoms with Crippen LogP contribution in [0.3, 0.4) is 0 Å². The maximum Gasteiger partial charge on any atom is 0.410 e. The normalized spacial score (nSPS) is 15.2. The van der Waals surface area contributed by atoms with Crippen molar-refractivity contribution in [1.82, 2.24) is 9.88 Å². The van der Waals surface area contributed by atoms with E-state index < -0.39 is 24.7 Å². The van der Waals surface area contributed by atoms with Crippen LogP contribution in [0.15, 0.2) is 48.0 Å². The molecule has 1 aliphatic rings. The third-order valence-electron chi connectivity index (χ3n) is 4.95. The number of halogens is 2. The molecule has 10 heteroatoms. The molecule has 2 aromatic carbocycles. The number of carboxylic acid groups (broad SMARTS) is 1. The van der Waals surface area contributed by atoms with Gasteiger partial charge in [-0.3, -0.25) is 4.90 Å². The van der Waals surface area contributed by atoms with Gasteiger partial charge >= 0.3 is 12.1 Å². The number of rotatable bonds is 6. The first-order valence-corrected chi connectivity index (χ1v) is 10.9. The number of fused-ring (bicyclic) bond motifs is 1. The van der Waals surface area contributed by atoms with Crippen LogP contribution in [0.5, 0.6) is 5.75 Å². The fourth-order valence-corrected chi connectivity index (χ4v) is 4.65. The summed E-state index contributed by atoms with van der Waals surface area (Å²) in [6.07, 6.45) is -0.0186. The number of aliphatic carboxylic acids is 1. The van der Waals surface area contributed by atoms with E-state index in [9.17, 15) is 14.0 Å². The van der Waals surface area contributed by atoms with Gasteiger partial charge in [0.2, 0.25) is 0 Å². The van der Waals surface area contributed by atoms with Gasteiger partial charge in [-0.2, -0.15) is 0 Å². The summed E-state index contributed by atoms with van der Waals surface area (Å²) in [5, 5.41) is 9.44. The molecular weight excluding hydrogens is 459 g/mol. The molecule has 0 bridgehead atoms. The van der Waals surface area contributed by atoms with E-state index in [0.717, 1.165) is 10.6 Å². The van der Waals surface area contributed by atoms with Crippen LogP contribution >= 0.6 is 22.9 Å². The number of carboxylic acids is 1. The molecule has 0 saturated heterocycles. The number of ether oxygens (including phenoxy) is 2. The van der Waals surface area contributed by atoms with E-state index >= 15 is 0 Å². The van der Waals surface area contributed by atoms with Gasteiger partial charge in [0.25, 0.3) is 0 Å². The molecule has 166 valence electrons. The summed E-state index contributed by atoms with van der Waals surface area (Å²) in [4.78, 5) is 30.9. The molecule has 1 aromatic heterocycles. The van der Waals surface area contributed by atoms with Crippen LogP contribution in [-0.4, -0.2) is 40.2 Å². The van der Waals surface area contributed by atoms with Crippen LogP contribution in [0.25, 0.3) is 0 Å². The van der Waals surface area contributed by atoms with Crippen LogP contribution < -0.4 is 4.74 Å². The maximum atomic E-state index is 13.1. The van der Waals surface area contributed by atoms with E-state index in [1.54, 1.807) is 40.7 Å². The fraction of sp³-hybridized carbons (Fsp3) is 0.227. The second-order valence-electron chi connectivity index (χ2n) is 7.05. The maximum absolute atomic E-state index is 13.1. The Balaban J connectivity index is 1.64. The lowest BCUT2D eigenvalue weighted by Gasteiger charge is -2.35. The Morgan fingerprint density at radius 1 is 1.25 bits per heavy atom. The van der Waals surface area contributed by atoms with Crippen LogP contribution in [0.1, 0.15) is 27.7 Å². The second-order valence-corrected chi connectivity index (χ2v) is 8.38. The standard InChI is InChI=1S/C22H18ClFN2O5S/c23-14-3-6-18(30-11-19(27)28)16(9-14)20-21-17(25-12-32-21)7-8-26(20)22(29)31-10-13-1-4-15(24)5-2-13/h1-6,9,12,20H,7-8,10-11H2,(H,27,28)/t20-/m1/s1. The molecule has 0 fully saturated rings. The molecule has 3 aromatic rings. The van der Waals surface area contributed by atoms with Crippen molar-refractivity contribution in [2.45, 2.75) is 19.1 Å². The molecular formula is C22H18ClFN2O5S. The van der Waals surface area contributed by atoms with Crippen molar-refractivity contribution in [3.8, 4) is 5.75 Å². The molecule has 4 rings (SSSR count). The predicted octanol–water partition coefficient (Wildman–Crippen LogP) is 4.68. The zero-order chi connectivity index (χ0) is 22.7. The zero-order valence-corrected chi connectivity index (χ0v) is 18.2.